The summed E-state index contributed by atoms with van der Waals surface area (Å²) < 4.78 is 5.80. The van der Waals surface area contributed by atoms with Crippen LogP contribution < -0.4 is 10.1 Å². The van der Waals surface area contributed by atoms with Gasteiger partial charge in [-0.15, -0.1) is 0 Å². The van der Waals surface area contributed by atoms with Crippen molar-refractivity contribution in [2.75, 3.05) is 31.6 Å². The van der Waals surface area contributed by atoms with Crippen LogP contribution in [0.15, 0.2) is 48.8 Å². The number of nitrogens with one attached hydrogen (secondary N) is 1. The SMILES string of the molecule is C[C@H]1CCN(CCOc2ccc(NC(=O)Cc3cccnc3)cc2)C1. The number of aromatic nitrogens is 1. The highest BCUT2D eigenvalue weighted by molar-refractivity contribution is 5.92. The van der Waals surface area contributed by atoms with Gasteiger partial charge in [0.05, 0.1) is 6.42 Å². The van der Waals surface area contributed by atoms with Crippen LogP contribution in [0.4, 0.5) is 5.69 Å². The lowest BCUT2D eigenvalue weighted by atomic mass is 10.2. The fourth-order valence-corrected chi connectivity index (χ4v) is 3.05. The van der Waals surface area contributed by atoms with E-state index in [0.717, 1.165) is 29.5 Å². The number of carbonyl (C=O) groups is 1. The van der Waals surface area contributed by atoms with E-state index in [9.17, 15) is 4.79 Å². The van der Waals surface area contributed by atoms with Gasteiger partial charge in [-0.2, -0.15) is 0 Å². The molecule has 1 fully saturated rings. The van der Waals surface area contributed by atoms with Gasteiger partial charge in [0.15, 0.2) is 0 Å². The molecule has 0 radical (unpaired) electrons. The lowest BCUT2D eigenvalue weighted by Gasteiger charge is -2.15. The highest BCUT2D eigenvalue weighted by Gasteiger charge is 2.17. The molecule has 132 valence electrons. The molecule has 1 aliphatic rings. The van der Waals surface area contributed by atoms with Gasteiger partial charge >= 0.3 is 0 Å². The summed E-state index contributed by atoms with van der Waals surface area (Å²) in [5.74, 6) is 1.58. The molecule has 3 rings (SSSR count). The molecule has 5 nitrogen and oxygen atoms in total. The van der Waals surface area contributed by atoms with Gasteiger partial charge in [-0.1, -0.05) is 13.0 Å². The number of hydrogen-bond donors (Lipinski definition) is 1. The van der Waals surface area contributed by atoms with Crippen LogP contribution in [0.2, 0.25) is 0 Å². The third-order valence-corrected chi connectivity index (χ3v) is 4.41. The number of benzene rings is 1. The molecular weight excluding hydrogens is 314 g/mol. The van der Waals surface area contributed by atoms with E-state index in [4.69, 9.17) is 4.74 Å². The summed E-state index contributed by atoms with van der Waals surface area (Å²) in [6.07, 6.45) is 5.01. The number of amides is 1. The Morgan fingerprint density at radius 2 is 2.16 bits per heavy atom. The predicted molar refractivity (Wildman–Crippen MR) is 98.7 cm³/mol. The second kappa shape index (κ2) is 8.62. The molecule has 2 aromatic rings. The molecule has 1 aliphatic heterocycles. The monoisotopic (exact) mass is 339 g/mol. The molecule has 1 aromatic heterocycles. The van der Waals surface area contributed by atoms with Crippen LogP contribution in [-0.4, -0.2) is 42.0 Å². The number of nitrogens with zero attached hydrogens (tertiary/aromatic N) is 2. The maximum atomic E-state index is 12.0. The first-order chi connectivity index (χ1) is 12.2. The van der Waals surface area contributed by atoms with Crippen molar-refractivity contribution >= 4 is 11.6 Å². The molecule has 5 heteroatoms. The van der Waals surface area contributed by atoms with E-state index >= 15 is 0 Å². The molecule has 1 amide bonds. The van der Waals surface area contributed by atoms with Crippen molar-refractivity contribution in [3.05, 3.63) is 54.4 Å². The van der Waals surface area contributed by atoms with Crippen LogP contribution in [0.25, 0.3) is 0 Å². The second-order valence-corrected chi connectivity index (χ2v) is 6.65. The second-order valence-electron chi connectivity index (χ2n) is 6.65. The van der Waals surface area contributed by atoms with Gasteiger partial charge in [-0.25, -0.2) is 0 Å². The average Bonchev–Trinajstić information content (AvgIpc) is 3.02. The van der Waals surface area contributed by atoms with E-state index < -0.39 is 0 Å². The molecule has 0 aliphatic carbocycles. The minimum absolute atomic E-state index is 0.0511. The number of carbonyl (C=O) groups excluding carboxylic acids is 1. The van der Waals surface area contributed by atoms with E-state index in [-0.39, 0.29) is 5.91 Å². The number of likely N-dealkylation sites (tertiary alicyclic amines) is 1. The van der Waals surface area contributed by atoms with E-state index in [1.54, 1.807) is 12.4 Å². The Kier molecular flexibility index (Phi) is 6.01. The first-order valence-corrected chi connectivity index (χ1v) is 8.83. The minimum atomic E-state index is -0.0511. The molecule has 0 unspecified atom stereocenters. The Morgan fingerprint density at radius 3 is 2.84 bits per heavy atom. The lowest BCUT2D eigenvalue weighted by molar-refractivity contribution is -0.115. The molecule has 1 saturated heterocycles. The summed E-state index contributed by atoms with van der Waals surface area (Å²) >= 11 is 0. The van der Waals surface area contributed by atoms with E-state index in [1.807, 2.05) is 36.4 Å². The first kappa shape index (κ1) is 17.4. The Hall–Kier alpha value is -2.40. The van der Waals surface area contributed by atoms with Crippen molar-refractivity contribution in [1.82, 2.24) is 9.88 Å². The molecule has 1 aromatic carbocycles. The van der Waals surface area contributed by atoms with Crippen LogP contribution in [0.3, 0.4) is 0 Å². The van der Waals surface area contributed by atoms with Gasteiger partial charge in [0, 0.05) is 31.2 Å². The van der Waals surface area contributed by atoms with E-state index in [1.165, 1.54) is 19.5 Å². The molecule has 0 spiro atoms. The van der Waals surface area contributed by atoms with Gasteiger partial charge in [-0.05, 0) is 54.8 Å². The summed E-state index contributed by atoms with van der Waals surface area (Å²) in [4.78, 5) is 18.5. The number of pyridine rings is 1. The largest absolute Gasteiger partial charge is 0.492 e. The Morgan fingerprint density at radius 1 is 1.32 bits per heavy atom. The Balaban J connectivity index is 1.41. The minimum Gasteiger partial charge on any atom is -0.492 e. The summed E-state index contributed by atoms with van der Waals surface area (Å²) in [5, 5.41) is 2.89. The van der Waals surface area contributed by atoms with E-state index in [2.05, 4.69) is 22.1 Å². The molecule has 1 atom stereocenters. The number of anilines is 1. The quantitative estimate of drug-likeness (QED) is 0.842. The van der Waals surface area contributed by atoms with Crippen molar-refractivity contribution in [3.8, 4) is 5.75 Å². The molecule has 2 heterocycles. The zero-order valence-electron chi connectivity index (χ0n) is 14.6. The van der Waals surface area contributed by atoms with Gasteiger partial charge in [0.2, 0.25) is 5.91 Å². The van der Waals surface area contributed by atoms with Crippen LogP contribution >= 0.6 is 0 Å². The topological polar surface area (TPSA) is 54.5 Å². The van der Waals surface area contributed by atoms with Crippen LogP contribution in [-0.2, 0) is 11.2 Å². The van der Waals surface area contributed by atoms with E-state index in [0.29, 0.717) is 13.0 Å². The Labute approximate surface area is 149 Å². The fraction of sp³-hybridized carbons (Fsp3) is 0.400. The van der Waals surface area contributed by atoms with Crippen LogP contribution in [0.5, 0.6) is 5.75 Å². The van der Waals surface area contributed by atoms with Gasteiger partial charge < -0.3 is 10.1 Å². The molecule has 25 heavy (non-hydrogen) atoms. The number of hydrogen-bond acceptors (Lipinski definition) is 4. The van der Waals surface area contributed by atoms with Crippen molar-refractivity contribution in [1.29, 1.82) is 0 Å². The van der Waals surface area contributed by atoms with Crippen molar-refractivity contribution in [2.24, 2.45) is 5.92 Å². The average molecular weight is 339 g/mol. The summed E-state index contributed by atoms with van der Waals surface area (Å²) in [5.41, 5.74) is 1.67. The third-order valence-electron chi connectivity index (χ3n) is 4.41. The van der Waals surface area contributed by atoms with Gasteiger partial charge in [0.1, 0.15) is 12.4 Å². The van der Waals surface area contributed by atoms with Gasteiger partial charge in [0.25, 0.3) is 0 Å². The maximum absolute atomic E-state index is 12.0. The first-order valence-electron chi connectivity index (χ1n) is 8.83. The number of rotatable bonds is 7. The van der Waals surface area contributed by atoms with Crippen molar-refractivity contribution in [2.45, 2.75) is 19.8 Å². The molecule has 0 bridgehead atoms. The van der Waals surface area contributed by atoms with Gasteiger partial charge in [-0.3, -0.25) is 14.7 Å². The zero-order valence-corrected chi connectivity index (χ0v) is 14.6. The summed E-state index contributed by atoms with van der Waals surface area (Å²) in [6.45, 7) is 6.30. The van der Waals surface area contributed by atoms with Crippen molar-refractivity contribution in [3.63, 3.8) is 0 Å². The van der Waals surface area contributed by atoms with Crippen LogP contribution in [0, 0.1) is 5.92 Å². The number of ether oxygens (including phenoxy) is 1. The predicted octanol–water partition coefficient (Wildman–Crippen LogP) is 2.98. The smallest absolute Gasteiger partial charge is 0.228 e. The summed E-state index contributed by atoms with van der Waals surface area (Å²) in [6, 6.07) is 11.3. The lowest BCUT2D eigenvalue weighted by Crippen LogP contribution is -2.25. The molecule has 0 saturated carbocycles. The maximum Gasteiger partial charge on any atom is 0.228 e. The molecule has 1 N–H and O–H groups in total. The standard InChI is InChI=1S/C20H25N3O2/c1-16-8-10-23(15-16)11-12-25-19-6-4-18(5-7-19)22-20(24)13-17-3-2-9-21-14-17/h2-7,9,14,16H,8,10-13,15H2,1H3,(H,22,24)/t16-/m0/s1. The zero-order chi connectivity index (χ0) is 17.5. The summed E-state index contributed by atoms with van der Waals surface area (Å²) in [7, 11) is 0. The normalized spacial score (nSPS) is 17.4. The molecular formula is C20H25N3O2. The fourth-order valence-electron chi connectivity index (χ4n) is 3.05. The third kappa shape index (κ3) is 5.57. The Bertz CT molecular complexity index is 673. The van der Waals surface area contributed by atoms with Crippen LogP contribution in [0.1, 0.15) is 18.9 Å². The highest BCUT2D eigenvalue weighted by Crippen LogP contribution is 2.17. The highest BCUT2D eigenvalue weighted by atomic mass is 16.5. The van der Waals surface area contributed by atoms with Crippen molar-refractivity contribution < 1.29 is 9.53 Å².